The first kappa shape index (κ1) is 20.9. The first-order valence-electron chi connectivity index (χ1n) is 10.4. The summed E-state index contributed by atoms with van der Waals surface area (Å²) in [5.74, 6) is -0.787. The Kier molecular flexibility index (Phi) is 5.45. The fourth-order valence-electron chi connectivity index (χ4n) is 3.60. The van der Waals surface area contributed by atoms with E-state index in [-0.39, 0.29) is 5.56 Å². The molecular weight excluding hydrogens is 432 g/mol. The van der Waals surface area contributed by atoms with Crippen molar-refractivity contribution in [2.75, 3.05) is 0 Å². The molecule has 0 bridgehead atoms. The van der Waals surface area contributed by atoms with Crippen LogP contribution in [0.15, 0.2) is 100 Å². The second-order valence-electron chi connectivity index (χ2n) is 7.44. The molecule has 3 heterocycles. The second kappa shape index (κ2) is 8.87. The number of rotatable bonds is 4. The number of pyridine rings is 2. The van der Waals surface area contributed by atoms with Crippen LogP contribution in [0.25, 0.3) is 33.6 Å². The molecule has 2 amide bonds. The van der Waals surface area contributed by atoms with Gasteiger partial charge in [0.2, 0.25) is 0 Å². The standard InChI is InChI=1S/C26H18N4O4/c31-24-18(12-13-20(28-24)16-7-2-1-3-8-16)25(32)29-30-26(33)19-15-22(23-11-6-14-34-23)27-21-10-5-4-9-17(19)21/h1-15H,(H,28,31)(H,29,32)(H,30,33). The van der Waals surface area contributed by atoms with Crippen LogP contribution in [0.1, 0.15) is 20.7 Å². The maximum atomic E-state index is 13.0. The third kappa shape index (κ3) is 4.07. The number of benzene rings is 2. The number of hydrogen-bond acceptors (Lipinski definition) is 5. The molecule has 0 spiro atoms. The zero-order chi connectivity index (χ0) is 23.5. The number of H-pyrrole nitrogens is 1. The summed E-state index contributed by atoms with van der Waals surface area (Å²) in [5, 5.41) is 0.606. The number of nitrogens with one attached hydrogen (secondary N) is 3. The first-order valence-corrected chi connectivity index (χ1v) is 10.4. The highest BCUT2D eigenvalue weighted by Crippen LogP contribution is 2.25. The molecule has 0 saturated carbocycles. The van der Waals surface area contributed by atoms with Crippen molar-refractivity contribution in [3.05, 3.63) is 113 Å². The molecule has 0 aliphatic rings. The topological polar surface area (TPSA) is 117 Å². The molecule has 8 heteroatoms. The van der Waals surface area contributed by atoms with Crippen LogP contribution in [-0.2, 0) is 0 Å². The lowest BCUT2D eigenvalue weighted by Gasteiger charge is -2.11. The molecule has 0 unspecified atom stereocenters. The molecule has 5 rings (SSSR count). The third-order valence-electron chi connectivity index (χ3n) is 5.26. The zero-order valence-electron chi connectivity index (χ0n) is 17.7. The number of nitrogens with zero attached hydrogens (tertiary/aromatic N) is 1. The van der Waals surface area contributed by atoms with Crippen LogP contribution >= 0.6 is 0 Å². The maximum absolute atomic E-state index is 13.0. The Morgan fingerprint density at radius 2 is 1.53 bits per heavy atom. The number of furan rings is 1. The van der Waals surface area contributed by atoms with E-state index in [4.69, 9.17) is 4.42 Å². The highest BCUT2D eigenvalue weighted by Gasteiger charge is 2.17. The number of fused-ring (bicyclic) bond motifs is 1. The van der Waals surface area contributed by atoms with Crippen LogP contribution in [-0.4, -0.2) is 21.8 Å². The number of carbonyl (C=O) groups is 2. The number of hydrazine groups is 1. The van der Waals surface area contributed by atoms with Gasteiger partial charge in [-0.05, 0) is 42.0 Å². The Morgan fingerprint density at radius 1 is 0.794 bits per heavy atom. The van der Waals surface area contributed by atoms with E-state index in [0.29, 0.717) is 33.6 Å². The summed E-state index contributed by atoms with van der Waals surface area (Å²) in [5.41, 5.74) is 6.78. The molecule has 0 saturated heterocycles. The molecule has 0 aliphatic heterocycles. The summed E-state index contributed by atoms with van der Waals surface area (Å²) in [7, 11) is 0. The Labute approximate surface area is 193 Å². The Morgan fingerprint density at radius 3 is 2.26 bits per heavy atom. The highest BCUT2D eigenvalue weighted by molar-refractivity contribution is 6.08. The van der Waals surface area contributed by atoms with E-state index in [1.54, 1.807) is 42.5 Å². The maximum Gasteiger partial charge on any atom is 0.275 e. The van der Waals surface area contributed by atoms with Crippen molar-refractivity contribution in [1.29, 1.82) is 0 Å². The smallest absolute Gasteiger partial charge is 0.275 e. The number of carbonyl (C=O) groups excluding carboxylic acids is 2. The number of para-hydroxylation sites is 1. The van der Waals surface area contributed by atoms with Gasteiger partial charge in [0.15, 0.2) is 5.76 Å². The van der Waals surface area contributed by atoms with Crippen molar-refractivity contribution in [1.82, 2.24) is 20.8 Å². The summed E-state index contributed by atoms with van der Waals surface area (Å²) in [4.78, 5) is 45.3. The monoisotopic (exact) mass is 450 g/mol. The quantitative estimate of drug-likeness (QED) is 0.359. The molecule has 3 N–H and O–H groups in total. The molecule has 0 aliphatic carbocycles. The van der Waals surface area contributed by atoms with E-state index in [2.05, 4.69) is 20.8 Å². The normalized spacial score (nSPS) is 10.7. The van der Waals surface area contributed by atoms with E-state index in [1.807, 2.05) is 36.4 Å². The van der Waals surface area contributed by atoms with Gasteiger partial charge in [-0.2, -0.15) is 0 Å². The van der Waals surface area contributed by atoms with E-state index in [0.717, 1.165) is 5.56 Å². The van der Waals surface area contributed by atoms with Crippen LogP contribution in [0, 0.1) is 0 Å². The fraction of sp³-hybridized carbons (Fsp3) is 0. The van der Waals surface area contributed by atoms with Gasteiger partial charge in [-0.25, -0.2) is 4.98 Å². The highest BCUT2D eigenvalue weighted by atomic mass is 16.3. The van der Waals surface area contributed by atoms with Gasteiger partial charge in [0.1, 0.15) is 11.3 Å². The van der Waals surface area contributed by atoms with Crippen LogP contribution < -0.4 is 16.4 Å². The molecule has 5 aromatic rings. The zero-order valence-corrected chi connectivity index (χ0v) is 17.7. The van der Waals surface area contributed by atoms with Crippen LogP contribution in [0.5, 0.6) is 0 Å². The van der Waals surface area contributed by atoms with Gasteiger partial charge in [0.25, 0.3) is 17.4 Å². The molecule has 166 valence electrons. The molecular formula is C26H18N4O4. The molecule has 8 nitrogen and oxygen atoms in total. The molecule has 0 atom stereocenters. The predicted molar refractivity (Wildman–Crippen MR) is 127 cm³/mol. The largest absolute Gasteiger partial charge is 0.463 e. The lowest BCUT2D eigenvalue weighted by molar-refractivity contribution is 0.0846. The lowest BCUT2D eigenvalue weighted by Crippen LogP contribution is -2.43. The van der Waals surface area contributed by atoms with Crippen LogP contribution in [0.2, 0.25) is 0 Å². The minimum atomic E-state index is -0.737. The van der Waals surface area contributed by atoms with Gasteiger partial charge < -0.3 is 9.40 Å². The van der Waals surface area contributed by atoms with Crippen molar-refractivity contribution in [2.45, 2.75) is 0 Å². The van der Waals surface area contributed by atoms with E-state index in [1.165, 1.54) is 12.3 Å². The Hall–Kier alpha value is -4.98. The van der Waals surface area contributed by atoms with Crippen molar-refractivity contribution in [3.63, 3.8) is 0 Å². The van der Waals surface area contributed by atoms with Gasteiger partial charge in [0.05, 0.1) is 17.3 Å². The first-order chi connectivity index (χ1) is 16.6. The van der Waals surface area contributed by atoms with Gasteiger partial charge >= 0.3 is 0 Å². The molecule has 34 heavy (non-hydrogen) atoms. The van der Waals surface area contributed by atoms with E-state index < -0.39 is 17.4 Å². The summed E-state index contributed by atoms with van der Waals surface area (Å²) in [6.07, 6.45) is 1.52. The van der Waals surface area contributed by atoms with Gasteiger partial charge in [-0.3, -0.25) is 25.2 Å². The average molecular weight is 450 g/mol. The summed E-state index contributed by atoms with van der Waals surface area (Å²) in [6, 6.07) is 24.5. The Bertz CT molecular complexity index is 1560. The van der Waals surface area contributed by atoms with Gasteiger partial charge in [0, 0.05) is 11.1 Å². The Balaban J connectivity index is 1.37. The molecule has 0 fully saturated rings. The third-order valence-corrected chi connectivity index (χ3v) is 5.26. The van der Waals surface area contributed by atoms with E-state index in [9.17, 15) is 14.4 Å². The van der Waals surface area contributed by atoms with E-state index >= 15 is 0 Å². The molecule has 2 aromatic carbocycles. The summed E-state index contributed by atoms with van der Waals surface area (Å²) in [6.45, 7) is 0. The predicted octanol–water partition coefficient (Wildman–Crippen LogP) is 3.92. The summed E-state index contributed by atoms with van der Waals surface area (Å²) < 4.78 is 5.41. The van der Waals surface area contributed by atoms with Crippen LogP contribution in [0.4, 0.5) is 0 Å². The number of amides is 2. The molecule has 0 radical (unpaired) electrons. The number of hydrogen-bond donors (Lipinski definition) is 3. The summed E-state index contributed by atoms with van der Waals surface area (Å²) >= 11 is 0. The van der Waals surface area contributed by atoms with Crippen molar-refractivity contribution >= 4 is 22.7 Å². The SMILES string of the molecule is O=C(NNC(=O)c1cc(-c2ccco2)nc2ccccc12)c1ccc(-c2ccccc2)[nH]c1=O. The number of aromatic nitrogens is 2. The minimum Gasteiger partial charge on any atom is -0.463 e. The number of aromatic amines is 1. The molecule has 3 aromatic heterocycles. The minimum absolute atomic E-state index is 0.129. The fourth-order valence-corrected chi connectivity index (χ4v) is 3.60. The average Bonchev–Trinajstić information content (AvgIpc) is 3.42. The van der Waals surface area contributed by atoms with Crippen LogP contribution in [0.3, 0.4) is 0 Å². The second-order valence-corrected chi connectivity index (χ2v) is 7.44. The van der Waals surface area contributed by atoms with Crippen molar-refractivity contribution < 1.29 is 14.0 Å². The lowest BCUT2D eigenvalue weighted by atomic mass is 10.1. The van der Waals surface area contributed by atoms with Crippen molar-refractivity contribution in [2.24, 2.45) is 0 Å². The van der Waals surface area contributed by atoms with Gasteiger partial charge in [-0.15, -0.1) is 0 Å². The van der Waals surface area contributed by atoms with Crippen molar-refractivity contribution in [3.8, 4) is 22.7 Å². The van der Waals surface area contributed by atoms with Gasteiger partial charge in [-0.1, -0.05) is 48.5 Å².